The number of nitrogens with one attached hydrogen (secondary N) is 1. The Morgan fingerprint density at radius 1 is 1.12 bits per heavy atom. The third-order valence-electron chi connectivity index (χ3n) is 3.61. The van der Waals surface area contributed by atoms with E-state index in [1.165, 1.54) is 19.1 Å². The molecule has 8 nitrogen and oxygen atoms in total. The molecule has 0 unspecified atom stereocenters. The molecular weight excluding hydrogens is 328 g/mol. The predicted molar refractivity (Wildman–Crippen MR) is 88.8 cm³/mol. The van der Waals surface area contributed by atoms with Crippen molar-refractivity contribution in [2.75, 3.05) is 39.0 Å². The quantitative estimate of drug-likeness (QED) is 0.788. The Bertz CT molecular complexity index is 696. The highest BCUT2D eigenvalue weighted by molar-refractivity contribution is 6.03. The number of ether oxygens (including phenoxy) is 3. The first-order chi connectivity index (χ1) is 12.0. The van der Waals surface area contributed by atoms with Crippen molar-refractivity contribution in [1.29, 1.82) is 0 Å². The lowest BCUT2D eigenvalue weighted by atomic mass is 10.1. The lowest BCUT2D eigenvalue weighted by Crippen LogP contribution is -2.38. The molecule has 0 saturated carbocycles. The molecule has 1 aliphatic heterocycles. The molecular formula is C17H20N2O6. The monoisotopic (exact) mass is 348 g/mol. The fourth-order valence-corrected chi connectivity index (χ4v) is 2.40. The zero-order chi connectivity index (χ0) is 18.4. The van der Waals surface area contributed by atoms with E-state index in [0.29, 0.717) is 17.8 Å². The van der Waals surface area contributed by atoms with Crippen LogP contribution in [0.2, 0.25) is 0 Å². The molecule has 0 aliphatic carbocycles. The minimum atomic E-state index is -0.670. The summed E-state index contributed by atoms with van der Waals surface area (Å²) in [7, 11) is 2.46. The molecule has 0 atom stereocenters. The van der Waals surface area contributed by atoms with E-state index in [1.54, 1.807) is 24.3 Å². The first-order valence-electron chi connectivity index (χ1n) is 7.66. The SMILES string of the molecule is CCNC(=O)c1ccc(N2COCC(C(=O)OC)=C2C(=O)OC)cc1. The van der Waals surface area contributed by atoms with Gasteiger partial charge in [-0.15, -0.1) is 0 Å². The number of rotatable bonds is 5. The zero-order valence-corrected chi connectivity index (χ0v) is 14.3. The van der Waals surface area contributed by atoms with Crippen LogP contribution >= 0.6 is 0 Å². The summed E-state index contributed by atoms with van der Waals surface area (Å²) in [5.41, 5.74) is 1.20. The van der Waals surface area contributed by atoms with Crippen LogP contribution in [0.5, 0.6) is 0 Å². The van der Waals surface area contributed by atoms with E-state index >= 15 is 0 Å². The molecule has 0 bridgehead atoms. The minimum Gasteiger partial charge on any atom is -0.466 e. The lowest BCUT2D eigenvalue weighted by molar-refractivity contribution is -0.140. The highest BCUT2D eigenvalue weighted by atomic mass is 16.5. The molecule has 25 heavy (non-hydrogen) atoms. The molecule has 1 heterocycles. The summed E-state index contributed by atoms with van der Waals surface area (Å²) in [5.74, 6) is -1.52. The first kappa shape index (κ1) is 18.5. The molecule has 0 saturated heterocycles. The van der Waals surface area contributed by atoms with Crippen LogP contribution in [0.15, 0.2) is 35.5 Å². The summed E-state index contributed by atoms with van der Waals surface area (Å²) in [4.78, 5) is 37.5. The standard InChI is InChI=1S/C17H20N2O6/c1-4-18-15(20)11-5-7-12(8-6-11)19-10-25-9-13(16(21)23-2)14(19)17(22)24-3/h5-8H,4,9-10H2,1-3H3,(H,18,20). The van der Waals surface area contributed by atoms with Crippen LogP contribution in [0.25, 0.3) is 0 Å². The lowest BCUT2D eigenvalue weighted by Gasteiger charge is -2.31. The maximum absolute atomic E-state index is 12.2. The molecule has 0 spiro atoms. The van der Waals surface area contributed by atoms with Gasteiger partial charge in [-0.3, -0.25) is 4.79 Å². The second-order valence-corrected chi connectivity index (χ2v) is 5.12. The van der Waals surface area contributed by atoms with Gasteiger partial charge in [-0.05, 0) is 31.2 Å². The summed E-state index contributed by atoms with van der Waals surface area (Å²) in [6.07, 6.45) is 0. The highest BCUT2D eigenvalue weighted by Crippen LogP contribution is 2.26. The molecule has 8 heteroatoms. The Morgan fingerprint density at radius 2 is 1.76 bits per heavy atom. The van der Waals surface area contributed by atoms with Crippen LogP contribution in [0.1, 0.15) is 17.3 Å². The van der Waals surface area contributed by atoms with Gasteiger partial charge in [0, 0.05) is 17.8 Å². The van der Waals surface area contributed by atoms with Crippen LogP contribution in [-0.4, -0.2) is 51.9 Å². The van der Waals surface area contributed by atoms with Gasteiger partial charge in [-0.2, -0.15) is 0 Å². The number of anilines is 1. The van der Waals surface area contributed by atoms with E-state index in [-0.39, 0.29) is 30.5 Å². The van der Waals surface area contributed by atoms with Crippen molar-refractivity contribution in [1.82, 2.24) is 5.32 Å². The molecule has 0 fully saturated rings. The van der Waals surface area contributed by atoms with E-state index in [4.69, 9.17) is 14.2 Å². The number of hydrogen-bond acceptors (Lipinski definition) is 7. The maximum Gasteiger partial charge on any atom is 0.355 e. The number of nitrogens with zero attached hydrogens (tertiary/aromatic N) is 1. The number of benzene rings is 1. The van der Waals surface area contributed by atoms with Crippen LogP contribution < -0.4 is 10.2 Å². The number of amides is 1. The Balaban J connectivity index is 2.40. The van der Waals surface area contributed by atoms with Crippen molar-refractivity contribution in [3.63, 3.8) is 0 Å². The fraction of sp³-hybridized carbons (Fsp3) is 0.353. The third kappa shape index (κ3) is 3.97. The van der Waals surface area contributed by atoms with Gasteiger partial charge in [-0.1, -0.05) is 0 Å². The molecule has 134 valence electrons. The van der Waals surface area contributed by atoms with Gasteiger partial charge in [0.2, 0.25) is 0 Å². The highest BCUT2D eigenvalue weighted by Gasteiger charge is 2.32. The summed E-state index contributed by atoms with van der Waals surface area (Å²) >= 11 is 0. The van der Waals surface area contributed by atoms with E-state index in [2.05, 4.69) is 5.32 Å². The Morgan fingerprint density at radius 3 is 2.32 bits per heavy atom. The molecule has 2 rings (SSSR count). The van der Waals surface area contributed by atoms with E-state index in [9.17, 15) is 14.4 Å². The molecule has 0 aromatic heterocycles. The fourth-order valence-electron chi connectivity index (χ4n) is 2.40. The zero-order valence-electron chi connectivity index (χ0n) is 14.3. The van der Waals surface area contributed by atoms with E-state index in [1.807, 2.05) is 6.92 Å². The molecule has 1 aromatic rings. The second kappa shape index (κ2) is 8.29. The number of carbonyl (C=O) groups is 3. The van der Waals surface area contributed by atoms with Crippen LogP contribution in [0.3, 0.4) is 0 Å². The first-order valence-corrected chi connectivity index (χ1v) is 7.66. The van der Waals surface area contributed by atoms with Crippen molar-refractivity contribution in [3.05, 3.63) is 41.1 Å². The second-order valence-electron chi connectivity index (χ2n) is 5.12. The van der Waals surface area contributed by atoms with E-state index < -0.39 is 11.9 Å². The van der Waals surface area contributed by atoms with Crippen molar-refractivity contribution < 1.29 is 28.6 Å². The third-order valence-corrected chi connectivity index (χ3v) is 3.61. The number of hydrogen-bond donors (Lipinski definition) is 1. The van der Waals surface area contributed by atoms with Gasteiger partial charge in [0.15, 0.2) is 0 Å². The maximum atomic E-state index is 12.2. The van der Waals surface area contributed by atoms with Crippen LogP contribution in [0.4, 0.5) is 5.69 Å². The summed E-state index contributed by atoms with van der Waals surface area (Å²) in [6, 6.07) is 6.58. The van der Waals surface area contributed by atoms with Gasteiger partial charge in [0.05, 0.1) is 26.4 Å². The topological polar surface area (TPSA) is 94.2 Å². The van der Waals surface area contributed by atoms with Crippen molar-refractivity contribution in [3.8, 4) is 0 Å². The summed E-state index contributed by atoms with van der Waals surface area (Å²) in [5, 5.41) is 2.70. The summed E-state index contributed by atoms with van der Waals surface area (Å²) < 4.78 is 14.9. The van der Waals surface area contributed by atoms with Gasteiger partial charge in [0.25, 0.3) is 5.91 Å². The molecule has 1 N–H and O–H groups in total. The van der Waals surface area contributed by atoms with Gasteiger partial charge >= 0.3 is 11.9 Å². The average molecular weight is 348 g/mol. The largest absolute Gasteiger partial charge is 0.466 e. The molecule has 1 aliphatic rings. The van der Waals surface area contributed by atoms with Crippen LogP contribution in [0, 0.1) is 0 Å². The number of carbonyl (C=O) groups excluding carboxylic acids is 3. The molecule has 1 aromatic carbocycles. The normalized spacial score (nSPS) is 14.1. The molecule has 0 radical (unpaired) electrons. The van der Waals surface area contributed by atoms with Gasteiger partial charge < -0.3 is 24.4 Å². The average Bonchev–Trinajstić information content (AvgIpc) is 2.66. The smallest absolute Gasteiger partial charge is 0.355 e. The van der Waals surface area contributed by atoms with Crippen LogP contribution in [-0.2, 0) is 23.8 Å². The van der Waals surface area contributed by atoms with E-state index in [0.717, 1.165) is 0 Å². The van der Waals surface area contributed by atoms with Gasteiger partial charge in [-0.25, -0.2) is 9.59 Å². The van der Waals surface area contributed by atoms with Gasteiger partial charge in [0.1, 0.15) is 12.4 Å². The Hall–Kier alpha value is -2.87. The number of methoxy groups -OCH3 is 2. The summed E-state index contributed by atoms with van der Waals surface area (Å²) in [6.45, 7) is 2.37. The number of esters is 2. The Labute approximate surface area is 145 Å². The van der Waals surface area contributed by atoms with Crippen molar-refractivity contribution in [2.24, 2.45) is 0 Å². The predicted octanol–water partition coefficient (Wildman–Crippen LogP) is 0.831. The molecule has 1 amide bonds. The minimum absolute atomic E-state index is 0.0510. The van der Waals surface area contributed by atoms with Crippen molar-refractivity contribution in [2.45, 2.75) is 6.92 Å². The van der Waals surface area contributed by atoms with Crippen molar-refractivity contribution >= 4 is 23.5 Å². The Kier molecular flexibility index (Phi) is 6.13.